The fraction of sp³-hybridized carbons (Fsp3) is 0.421. The average molecular weight is 388 g/mol. The van der Waals surface area contributed by atoms with Gasteiger partial charge in [0, 0.05) is 25.0 Å². The predicted octanol–water partition coefficient (Wildman–Crippen LogP) is 2.53. The Hall–Kier alpha value is -2.29. The van der Waals surface area contributed by atoms with Gasteiger partial charge in [-0.2, -0.15) is 5.10 Å². The van der Waals surface area contributed by atoms with E-state index in [9.17, 15) is 4.79 Å². The van der Waals surface area contributed by atoms with E-state index in [1.165, 1.54) is 16.9 Å². The van der Waals surface area contributed by atoms with E-state index in [4.69, 9.17) is 9.47 Å². The Kier molecular flexibility index (Phi) is 7.32. The van der Waals surface area contributed by atoms with Crippen molar-refractivity contribution in [1.29, 1.82) is 0 Å². The van der Waals surface area contributed by atoms with Crippen LogP contribution in [0.3, 0.4) is 0 Å². The van der Waals surface area contributed by atoms with Crippen molar-refractivity contribution in [2.24, 2.45) is 5.10 Å². The Balaban J connectivity index is 1.57. The highest BCUT2D eigenvalue weighted by atomic mass is 32.1. The summed E-state index contributed by atoms with van der Waals surface area (Å²) in [6.07, 6.45) is 1.99. The molecule has 0 atom stereocenters. The van der Waals surface area contributed by atoms with Crippen molar-refractivity contribution in [2.45, 2.75) is 19.9 Å². The lowest BCUT2D eigenvalue weighted by Crippen LogP contribution is -2.35. The summed E-state index contributed by atoms with van der Waals surface area (Å²) in [5, 5.41) is 6.79. The number of hydrogen-bond acceptors (Lipinski definition) is 8. The molecule has 0 unspecified atom stereocenters. The second-order valence-electron chi connectivity index (χ2n) is 6.08. The minimum Gasteiger partial charge on any atom is -0.466 e. The Bertz CT molecular complexity index is 772. The standard InChI is InChI=1S/C19H24N4O3S/c1-2-26-18(24)11-17-14-27-19(21-17)22-20-12-15-5-3-4-6-16(15)13-23-7-9-25-10-8-23/h3-6,12,14H,2,7-11,13H2,1H3,(H,21,22). The number of hydrazone groups is 1. The van der Waals surface area contributed by atoms with E-state index < -0.39 is 0 Å². The molecule has 1 aliphatic heterocycles. The van der Waals surface area contributed by atoms with Crippen LogP contribution in [0, 0.1) is 0 Å². The minimum absolute atomic E-state index is 0.179. The zero-order valence-electron chi connectivity index (χ0n) is 15.4. The van der Waals surface area contributed by atoms with Gasteiger partial charge in [-0.1, -0.05) is 24.3 Å². The summed E-state index contributed by atoms with van der Waals surface area (Å²) in [5.41, 5.74) is 5.92. The highest BCUT2D eigenvalue weighted by molar-refractivity contribution is 7.13. The molecular weight excluding hydrogens is 364 g/mol. The van der Waals surface area contributed by atoms with Crippen molar-refractivity contribution in [3.63, 3.8) is 0 Å². The van der Waals surface area contributed by atoms with Gasteiger partial charge in [-0.3, -0.25) is 15.1 Å². The number of nitrogens with zero attached hydrogens (tertiary/aromatic N) is 3. The number of morpholine rings is 1. The van der Waals surface area contributed by atoms with E-state index in [1.807, 2.05) is 23.7 Å². The summed E-state index contributed by atoms with van der Waals surface area (Å²) < 4.78 is 10.3. The maximum Gasteiger partial charge on any atom is 0.311 e. The Morgan fingerprint density at radius 2 is 2.22 bits per heavy atom. The molecule has 1 saturated heterocycles. The molecule has 0 saturated carbocycles. The van der Waals surface area contributed by atoms with E-state index in [0.717, 1.165) is 38.4 Å². The molecule has 7 nitrogen and oxygen atoms in total. The third kappa shape index (κ3) is 6.13. The second kappa shape index (κ2) is 10.1. The van der Waals surface area contributed by atoms with Crippen LogP contribution in [0.2, 0.25) is 0 Å². The van der Waals surface area contributed by atoms with Crippen molar-refractivity contribution < 1.29 is 14.3 Å². The number of ether oxygens (including phenoxy) is 2. The van der Waals surface area contributed by atoms with Gasteiger partial charge >= 0.3 is 5.97 Å². The van der Waals surface area contributed by atoms with Crippen LogP contribution in [0.4, 0.5) is 5.13 Å². The van der Waals surface area contributed by atoms with Crippen LogP contribution in [0.25, 0.3) is 0 Å². The zero-order valence-corrected chi connectivity index (χ0v) is 16.2. The van der Waals surface area contributed by atoms with Gasteiger partial charge in [0.15, 0.2) is 0 Å². The van der Waals surface area contributed by atoms with Crippen molar-refractivity contribution in [3.05, 3.63) is 46.5 Å². The van der Waals surface area contributed by atoms with E-state index >= 15 is 0 Å². The fourth-order valence-corrected chi connectivity index (χ4v) is 3.42. The number of carbonyl (C=O) groups is 1. The maximum absolute atomic E-state index is 11.5. The maximum atomic E-state index is 11.5. The monoisotopic (exact) mass is 388 g/mol. The zero-order chi connectivity index (χ0) is 18.9. The number of esters is 1. The first-order chi connectivity index (χ1) is 13.2. The number of anilines is 1. The fourth-order valence-electron chi connectivity index (χ4n) is 2.76. The van der Waals surface area contributed by atoms with Crippen molar-refractivity contribution in [2.75, 3.05) is 38.3 Å². The number of hydrogen-bond donors (Lipinski definition) is 1. The summed E-state index contributed by atoms with van der Waals surface area (Å²) in [6, 6.07) is 8.22. The molecule has 0 aliphatic carbocycles. The van der Waals surface area contributed by atoms with E-state index in [0.29, 0.717) is 17.4 Å². The molecule has 1 aromatic carbocycles. The average Bonchev–Trinajstić information content (AvgIpc) is 3.11. The van der Waals surface area contributed by atoms with Crippen LogP contribution in [0.5, 0.6) is 0 Å². The van der Waals surface area contributed by atoms with Gasteiger partial charge < -0.3 is 9.47 Å². The SMILES string of the molecule is CCOC(=O)Cc1csc(NN=Cc2ccccc2CN2CCOCC2)n1. The van der Waals surface area contributed by atoms with Crippen LogP contribution < -0.4 is 5.43 Å². The molecule has 0 bridgehead atoms. The molecule has 1 aromatic heterocycles. The molecular formula is C19H24N4O3S. The third-order valence-electron chi connectivity index (χ3n) is 4.10. The molecule has 2 aromatic rings. The van der Waals surface area contributed by atoms with Crippen LogP contribution in [-0.2, 0) is 27.2 Å². The quantitative estimate of drug-likeness (QED) is 0.425. The van der Waals surface area contributed by atoms with Crippen LogP contribution >= 0.6 is 11.3 Å². The predicted molar refractivity (Wildman–Crippen MR) is 106 cm³/mol. The van der Waals surface area contributed by atoms with Gasteiger partial charge in [-0.25, -0.2) is 4.98 Å². The number of carbonyl (C=O) groups excluding carboxylic acids is 1. The third-order valence-corrected chi connectivity index (χ3v) is 4.89. The van der Waals surface area contributed by atoms with Gasteiger partial charge in [0.2, 0.25) is 5.13 Å². The molecule has 0 amide bonds. The summed E-state index contributed by atoms with van der Waals surface area (Å²) in [4.78, 5) is 18.2. The molecule has 8 heteroatoms. The molecule has 0 radical (unpaired) electrons. The molecule has 144 valence electrons. The van der Waals surface area contributed by atoms with Crippen molar-refractivity contribution >= 4 is 28.7 Å². The molecule has 1 fully saturated rings. The lowest BCUT2D eigenvalue weighted by molar-refractivity contribution is -0.142. The Morgan fingerprint density at radius 1 is 1.41 bits per heavy atom. The lowest BCUT2D eigenvalue weighted by atomic mass is 10.1. The van der Waals surface area contributed by atoms with Gasteiger partial charge in [-0.05, 0) is 18.1 Å². The summed E-state index contributed by atoms with van der Waals surface area (Å²) in [5.74, 6) is -0.269. The Morgan fingerprint density at radius 3 is 3.04 bits per heavy atom. The second-order valence-corrected chi connectivity index (χ2v) is 6.94. The molecule has 0 spiro atoms. The smallest absolute Gasteiger partial charge is 0.311 e. The van der Waals surface area contributed by atoms with E-state index in [-0.39, 0.29) is 12.4 Å². The van der Waals surface area contributed by atoms with Crippen molar-refractivity contribution in [3.8, 4) is 0 Å². The van der Waals surface area contributed by atoms with Gasteiger partial charge in [0.05, 0.1) is 38.1 Å². The molecule has 1 N–H and O–H groups in total. The summed E-state index contributed by atoms with van der Waals surface area (Å²) in [6.45, 7) is 6.52. The van der Waals surface area contributed by atoms with Crippen molar-refractivity contribution in [1.82, 2.24) is 9.88 Å². The van der Waals surface area contributed by atoms with E-state index in [2.05, 4.69) is 32.5 Å². The topological polar surface area (TPSA) is 76.0 Å². The first-order valence-electron chi connectivity index (χ1n) is 9.01. The summed E-state index contributed by atoms with van der Waals surface area (Å²) >= 11 is 1.41. The minimum atomic E-state index is -0.269. The molecule has 3 rings (SSSR count). The molecule has 2 heterocycles. The lowest BCUT2D eigenvalue weighted by Gasteiger charge is -2.27. The number of thiazole rings is 1. The highest BCUT2D eigenvalue weighted by Crippen LogP contribution is 2.16. The number of benzene rings is 1. The Labute approximate surface area is 163 Å². The first-order valence-corrected chi connectivity index (χ1v) is 9.89. The van der Waals surface area contributed by atoms with Gasteiger partial charge in [0.1, 0.15) is 0 Å². The van der Waals surface area contributed by atoms with E-state index in [1.54, 1.807) is 6.92 Å². The summed E-state index contributed by atoms with van der Waals surface area (Å²) in [7, 11) is 0. The first kappa shape index (κ1) is 19.5. The van der Waals surface area contributed by atoms with Crippen LogP contribution in [-0.4, -0.2) is 55.0 Å². The molecule has 1 aliphatic rings. The highest BCUT2D eigenvalue weighted by Gasteiger charge is 2.12. The van der Waals surface area contributed by atoms with Gasteiger partial charge in [0.25, 0.3) is 0 Å². The molecule has 27 heavy (non-hydrogen) atoms. The number of rotatable bonds is 8. The largest absolute Gasteiger partial charge is 0.466 e. The normalized spacial score (nSPS) is 15.1. The van der Waals surface area contributed by atoms with Crippen LogP contribution in [0.1, 0.15) is 23.7 Å². The van der Waals surface area contributed by atoms with Gasteiger partial charge in [-0.15, -0.1) is 11.3 Å². The number of nitrogens with one attached hydrogen (secondary N) is 1. The number of aromatic nitrogens is 1. The van der Waals surface area contributed by atoms with Crippen LogP contribution in [0.15, 0.2) is 34.7 Å².